The van der Waals surface area contributed by atoms with Gasteiger partial charge in [-0.1, -0.05) is 196 Å². The minimum Gasteiger partial charge on any atom is -0.462 e. The van der Waals surface area contributed by atoms with Crippen LogP contribution in [0.15, 0.2) is 85.1 Å². The molecular formula is C55H92O6. The van der Waals surface area contributed by atoms with Crippen molar-refractivity contribution in [3.05, 3.63) is 85.1 Å². The van der Waals surface area contributed by atoms with Gasteiger partial charge < -0.3 is 14.2 Å². The maximum Gasteiger partial charge on any atom is 0.306 e. The van der Waals surface area contributed by atoms with Crippen LogP contribution in [-0.4, -0.2) is 37.2 Å². The molecule has 0 aromatic carbocycles. The van der Waals surface area contributed by atoms with E-state index in [1.165, 1.54) is 64.2 Å². The summed E-state index contributed by atoms with van der Waals surface area (Å²) in [6, 6.07) is 0. The molecule has 0 rings (SSSR count). The van der Waals surface area contributed by atoms with Gasteiger partial charge in [-0.25, -0.2) is 0 Å². The summed E-state index contributed by atoms with van der Waals surface area (Å²) in [7, 11) is 0. The van der Waals surface area contributed by atoms with Crippen LogP contribution in [0.1, 0.15) is 226 Å². The predicted octanol–water partition coefficient (Wildman–Crippen LogP) is 16.4. The molecular weight excluding hydrogens is 757 g/mol. The average molecular weight is 849 g/mol. The van der Waals surface area contributed by atoms with E-state index in [2.05, 4.69) is 106 Å². The van der Waals surface area contributed by atoms with Gasteiger partial charge in [-0.2, -0.15) is 0 Å². The summed E-state index contributed by atoms with van der Waals surface area (Å²) < 4.78 is 16.7. The Hall–Kier alpha value is -3.41. The largest absolute Gasteiger partial charge is 0.462 e. The van der Waals surface area contributed by atoms with Crippen LogP contribution in [0.4, 0.5) is 0 Å². The predicted molar refractivity (Wildman–Crippen MR) is 261 cm³/mol. The molecule has 0 heterocycles. The lowest BCUT2D eigenvalue weighted by molar-refractivity contribution is -0.167. The Bertz CT molecular complexity index is 1200. The fourth-order valence-electron chi connectivity index (χ4n) is 6.61. The quantitative estimate of drug-likeness (QED) is 0.0263. The summed E-state index contributed by atoms with van der Waals surface area (Å²) in [5.41, 5.74) is 0. The molecule has 0 aliphatic carbocycles. The van der Waals surface area contributed by atoms with Crippen molar-refractivity contribution in [2.24, 2.45) is 0 Å². The Labute approximate surface area is 375 Å². The lowest BCUT2D eigenvalue weighted by Crippen LogP contribution is -2.30. The number of ether oxygens (including phenoxy) is 3. The van der Waals surface area contributed by atoms with E-state index in [1.807, 2.05) is 0 Å². The Morgan fingerprint density at radius 1 is 0.344 bits per heavy atom. The molecule has 348 valence electrons. The van der Waals surface area contributed by atoms with Gasteiger partial charge in [0.1, 0.15) is 13.2 Å². The third kappa shape index (κ3) is 47.5. The fourth-order valence-corrected chi connectivity index (χ4v) is 6.61. The first-order valence-corrected chi connectivity index (χ1v) is 25.1. The van der Waals surface area contributed by atoms with Crippen LogP contribution in [-0.2, 0) is 28.6 Å². The molecule has 0 aliphatic rings. The molecule has 0 aliphatic heterocycles. The van der Waals surface area contributed by atoms with Crippen LogP contribution < -0.4 is 0 Å². The van der Waals surface area contributed by atoms with Crippen molar-refractivity contribution in [3.8, 4) is 0 Å². The van der Waals surface area contributed by atoms with Gasteiger partial charge in [-0.3, -0.25) is 14.4 Å². The van der Waals surface area contributed by atoms with E-state index >= 15 is 0 Å². The van der Waals surface area contributed by atoms with E-state index in [-0.39, 0.29) is 31.1 Å². The first-order chi connectivity index (χ1) is 30.0. The van der Waals surface area contributed by atoms with Crippen molar-refractivity contribution >= 4 is 17.9 Å². The SMILES string of the molecule is CC/C=C\C/C=C\C/C=C\C/C=C\C/C=C\C/C=C\CCCCCCC(=O)OCC(COC(=O)CCCCCCCCC)OC(=O)CCCCCCC/C=C\CCCCCC. The smallest absolute Gasteiger partial charge is 0.306 e. The maximum absolute atomic E-state index is 12.7. The minimum absolute atomic E-state index is 0.0882. The average Bonchev–Trinajstić information content (AvgIpc) is 3.26. The molecule has 0 saturated carbocycles. The maximum atomic E-state index is 12.7. The van der Waals surface area contributed by atoms with Crippen molar-refractivity contribution < 1.29 is 28.6 Å². The Kier molecular flexibility index (Phi) is 46.5. The molecule has 0 bridgehead atoms. The normalized spacial score (nSPS) is 12.8. The molecule has 6 nitrogen and oxygen atoms in total. The number of carbonyl (C=O) groups excluding carboxylic acids is 3. The molecule has 6 heteroatoms. The molecule has 0 aromatic rings. The standard InChI is InChI=1S/C55H92O6/c1-4-7-10-13-16-18-20-22-23-24-25-26-27-28-29-30-31-33-34-36-39-42-45-48-54(57)60-51-52(50-59-53(56)47-44-41-38-15-12-9-6-3)61-55(58)49-46-43-40-37-35-32-21-19-17-14-11-8-5-2/h7,10,16,18-19,21-23,25-26,28-29,31,33,52H,4-6,8-9,11-15,17,20,24,27,30,32,34-51H2,1-3H3/b10-7-,18-16-,21-19-,23-22-,26-25-,29-28-,33-31-. The van der Waals surface area contributed by atoms with Crippen molar-refractivity contribution in [2.75, 3.05) is 13.2 Å². The second-order valence-corrected chi connectivity index (χ2v) is 16.3. The van der Waals surface area contributed by atoms with E-state index in [4.69, 9.17) is 14.2 Å². The number of esters is 3. The molecule has 0 fully saturated rings. The molecule has 0 saturated heterocycles. The Morgan fingerprint density at radius 3 is 1.03 bits per heavy atom. The highest BCUT2D eigenvalue weighted by Gasteiger charge is 2.19. The molecule has 1 unspecified atom stereocenters. The van der Waals surface area contributed by atoms with Crippen LogP contribution in [0.3, 0.4) is 0 Å². The Balaban J connectivity index is 4.31. The number of rotatable bonds is 44. The zero-order valence-electron chi connectivity index (χ0n) is 39.7. The molecule has 61 heavy (non-hydrogen) atoms. The third-order valence-electron chi connectivity index (χ3n) is 10.4. The molecule has 0 amide bonds. The lowest BCUT2D eigenvalue weighted by atomic mass is 10.1. The van der Waals surface area contributed by atoms with E-state index in [1.54, 1.807) is 0 Å². The van der Waals surface area contributed by atoms with Crippen molar-refractivity contribution in [3.63, 3.8) is 0 Å². The van der Waals surface area contributed by atoms with E-state index in [0.717, 1.165) is 122 Å². The highest BCUT2D eigenvalue weighted by Crippen LogP contribution is 2.13. The zero-order valence-corrected chi connectivity index (χ0v) is 39.7. The van der Waals surface area contributed by atoms with Gasteiger partial charge in [0.25, 0.3) is 0 Å². The van der Waals surface area contributed by atoms with Crippen molar-refractivity contribution in [1.82, 2.24) is 0 Å². The van der Waals surface area contributed by atoms with Crippen LogP contribution in [0.5, 0.6) is 0 Å². The molecule has 0 aromatic heterocycles. The van der Waals surface area contributed by atoms with Gasteiger partial charge in [-0.05, 0) is 96.3 Å². The van der Waals surface area contributed by atoms with E-state index < -0.39 is 6.10 Å². The number of unbranched alkanes of at least 4 members (excludes halogenated alkanes) is 19. The summed E-state index contributed by atoms with van der Waals surface area (Å²) in [5.74, 6) is -0.933. The van der Waals surface area contributed by atoms with Crippen molar-refractivity contribution in [2.45, 2.75) is 232 Å². The highest BCUT2D eigenvalue weighted by molar-refractivity contribution is 5.71. The topological polar surface area (TPSA) is 78.9 Å². The first-order valence-electron chi connectivity index (χ1n) is 25.1. The summed E-state index contributed by atoms with van der Waals surface area (Å²) in [6.45, 7) is 6.42. The molecule has 1 atom stereocenters. The summed E-state index contributed by atoms with van der Waals surface area (Å²) in [4.78, 5) is 37.7. The summed E-state index contributed by atoms with van der Waals surface area (Å²) in [6.07, 6.45) is 62.9. The summed E-state index contributed by atoms with van der Waals surface area (Å²) >= 11 is 0. The number of carbonyl (C=O) groups is 3. The monoisotopic (exact) mass is 849 g/mol. The van der Waals surface area contributed by atoms with Crippen LogP contribution >= 0.6 is 0 Å². The van der Waals surface area contributed by atoms with Gasteiger partial charge >= 0.3 is 17.9 Å². The van der Waals surface area contributed by atoms with Crippen molar-refractivity contribution in [1.29, 1.82) is 0 Å². The first kappa shape index (κ1) is 57.6. The van der Waals surface area contributed by atoms with E-state index in [9.17, 15) is 14.4 Å². The minimum atomic E-state index is -0.787. The van der Waals surface area contributed by atoms with Crippen LogP contribution in [0, 0.1) is 0 Å². The van der Waals surface area contributed by atoms with Gasteiger partial charge in [0.2, 0.25) is 0 Å². The molecule has 0 spiro atoms. The number of allylic oxidation sites excluding steroid dienone is 14. The number of hydrogen-bond acceptors (Lipinski definition) is 6. The van der Waals surface area contributed by atoms with E-state index in [0.29, 0.717) is 19.3 Å². The Morgan fingerprint density at radius 2 is 0.639 bits per heavy atom. The van der Waals surface area contributed by atoms with Gasteiger partial charge in [0.15, 0.2) is 6.10 Å². The van der Waals surface area contributed by atoms with Gasteiger partial charge in [-0.15, -0.1) is 0 Å². The number of hydrogen-bond donors (Lipinski definition) is 0. The third-order valence-corrected chi connectivity index (χ3v) is 10.4. The zero-order chi connectivity index (χ0) is 44.4. The van der Waals surface area contributed by atoms with Crippen LogP contribution in [0.25, 0.3) is 0 Å². The van der Waals surface area contributed by atoms with Gasteiger partial charge in [0, 0.05) is 19.3 Å². The highest BCUT2D eigenvalue weighted by atomic mass is 16.6. The second kappa shape index (κ2) is 49.2. The van der Waals surface area contributed by atoms with Gasteiger partial charge in [0.05, 0.1) is 0 Å². The molecule has 0 N–H and O–H groups in total. The fraction of sp³-hybridized carbons (Fsp3) is 0.691. The summed E-state index contributed by atoms with van der Waals surface area (Å²) in [5, 5.41) is 0. The second-order valence-electron chi connectivity index (χ2n) is 16.3. The lowest BCUT2D eigenvalue weighted by Gasteiger charge is -2.18. The molecule has 0 radical (unpaired) electrons. The van der Waals surface area contributed by atoms with Crippen LogP contribution in [0.2, 0.25) is 0 Å².